The van der Waals surface area contributed by atoms with Crippen molar-refractivity contribution in [3.63, 3.8) is 0 Å². The van der Waals surface area contributed by atoms with E-state index in [0.29, 0.717) is 39.1 Å². The Hall–Kier alpha value is -7.02. The molecule has 9 aromatic rings. The Morgan fingerprint density at radius 3 is 1.65 bits per heavy atom. The average molecular weight is 858 g/mol. The Morgan fingerprint density at radius 2 is 0.908 bits per heavy atom. The van der Waals surface area contributed by atoms with Crippen LogP contribution in [-0.4, -0.2) is 23.4 Å². The lowest BCUT2D eigenvalue weighted by atomic mass is 9.42. The van der Waals surface area contributed by atoms with Gasteiger partial charge in [-0.1, -0.05) is 146 Å². The maximum Gasteiger partial charge on any atom is 0.207 e. The molecule has 5 aliphatic carbocycles. The second-order valence-corrected chi connectivity index (χ2v) is 21.1. The van der Waals surface area contributed by atoms with Crippen LogP contribution in [0.25, 0.3) is 89.4 Å². The molecular formula is C59H43N3O2S. The first-order valence-corrected chi connectivity index (χ1v) is 24.6. The van der Waals surface area contributed by atoms with Crippen LogP contribution in [0.5, 0.6) is 0 Å². The zero-order valence-corrected chi connectivity index (χ0v) is 36.5. The van der Waals surface area contributed by atoms with E-state index >= 15 is 0 Å². The van der Waals surface area contributed by atoms with Crippen LogP contribution in [0.3, 0.4) is 0 Å². The molecule has 0 amide bonds. The van der Waals surface area contributed by atoms with E-state index in [9.17, 15) is 8.42 Å². The van der Waals surface area contributed by atoms with E-state index in [4.69, 9.17) is 15.0 Å². The van der Waals surface area contributed by atoms with Gasteiger partial charge in [-0.2, -0.15) is 0 Å². The minimum Gasteiger partial charge on any atom is -0.218 e. The molecule has 4 bridgehead atoms. The van der Waals surface area contributed by atoms with E-state index in [0.717, 1.165) is 61.9 Å². The Morgan fingerprint density at radius 1 is 0.385 bits per heavy atom. The topological polar surface area (TPSA) is 72.8 Å². The summed E-state index contributed by atoms with van der Waals surface area (Å²) in [6.07, 6.45) is 6.04. The summed E-state index contributed by atoms with van der Waals surface area (Å²) < 4.78 is 29.0. The van der Waals surface area contributed by atoms with Crippen LogP contribution in [-0.2, 0) is 15.3 Å². The molecule has 65 heavy (non-hydrogen) atoms. The van der Waals surface area contributed by atoms with E-state index in [1.165, 1.54) is 65.1 Å². The summed E-state index contributed by atoms with van der Waals surface area (Å²) in [5.41, 5.74) is 13.9. The van der Waals surface area contributed by atoms with E-state index in [1.54, 1.807) is 0 Å². The molecule has 0 radical (unpaired) electrons. The summed E-state index contributed by atoms with van der Waals surface area (Å²) in [7, 11) is -3.69. The van der Waals surface area contributed by atoms with Gasteiger partial charge in [-0.15, -0.1) is 0 Å². The first kappa shape index (κ1) is 37.4. The monoisotopic (exact) mass is 857 g/mol. The molecule has 6 aliphatic rings. The fourth-order valence-electron chi connectivity index (χ4n) is 13.4. The SMILES string of the molecule is O=S1(=O)c2ccccc2C2(c3cc(-c4cccc(-c5nc(-c6ccccc6)nc(-c6ccc(-c7ccc8c(c7)-c7cccc9cccc-8c79)cc6)n5)c4)ccc31)C1CC3CC(C1)CC2C3. The molecule has 4 fully saturated rings. The number of hydrogen-bond donors (Lipinski definition) is 0. The second kappa shape index (κ2) is 13.7. The quantitative estimate of drug-likeness (QED) is 0.172. The molecule has 0 saturated heterocycles. The number of fused-ring (bicyclic) bond motifs is 5. The Bertz CT molecular complexity index is 3550. The van der Waals surface area contributed by atoms with Gasteiger partial charge in [-0.05, 0) is 153 Å². The normalized spacial score (nSPS) is 22.5. The van der Waals surface area contributed by atoms with Crippen LogP contribution >= 0.6 is 0 Å². The highest BCUT2D eigenvalue weighted by molar-refractivity contribution is 7.91. The third-order valence-corrected chi connectivity index (χ3v) is 17.7. The first-order valence-electron chi connectivity index (χ1n) is 23.1. The molecule has 6 heteroatoms. The standard InChI is InChI=1S/C59H43N3O2S/c63-65(64)53-18-5-4-17-51(53)59(45-28-35-27-36(30-45)31-46(59)29-35)52-34-43(24-26-54(52)65)41-13-6-14-44(32-41)58-61-56(39-9-2-1-3-10-39)60-57(62-58)40-21-19-37(20-22-40)42-23-25-47-48-15-7-11-38-12-8-16-49(55(38)48)50(47)33-42/h1-26,32-36,45-46H,27-31H2. The van der Waals surface area contributed by atoms with Crippen LogP contribution in [0.4, 0.5) is 0 Å². The van der Waals surface area contributed by atoms with Crippen molar-refractivity contribution >= 4 is 20.6 Å². The average Bonchev–Trinajstić information content (AvgIpc) is 3.68. The fraction of sp³-hybridized carbons (Fsp3) is 0.169. The second-order valence-electron chi connectivity index (χ2n) is 19.2. The molecule has 2 heterocycles. The number of sulfone groups is 1. The number of benzene rings is 8. The van der Waals surface area contributed by atoms with Crippen LogP contribution in [0.15, 0.2) is 186 Å². The summed E-state index contributed by atoms with van der Waals surface area (Å²) in [6, 6.07) is 61.1. The van der Waals surface area contributed by atoms with Crippen molar-refractivity contribution in [2.75, 3.05) is 0 Å². The fourth-order valence-corrected chi connectivity index (χ4v) is 15.1. The minimum absolute atomic E-state index is 0.303. The highest BCUT2D eigenvalue weighted by Crippen LogP contribution is 2.68. The van der Waals surface area contributed by atoms with Crippen LogP contribution in [0.2, 0.25) is 0 Å². The summed E-state index contributed by atoms with van der Waals surface area (Å²) in [5, 5.41) is 2.60. The molecule has 1 aromatic heterocycles. The number of hydrogen-bond acceptors (Lipinski definition) is 5. The molecule has 1 spiro atoms. The van der Waals surface area contributed by atoms with Gasteiger partial charge in [-0.3, -0.25) is 0 Å². The summed E-state index contributed by atoms with van der Waals surface area (Å²) in [4.78, 5) is 16.3. The van der Waals surface area contributed by atoms with E-state index < -0.39 is 9.84 Å². The van der Waals surface area contributed by atoms with Gasteiger partial charge in [0, 0.05) is 22.1 Å². The van der Waals surface area contributed by atoms with Crippen molar-refractivity contribution in [2.45, 2.75) is 47.3 Å². The third kappa shape index (κ3) is 5.44. The smallest absolute Gasteiger partial charge is 0.207 e. The van der Waals surface area contributed by atoms with Gasteiger partial charge in [0.2, 0.25) is 9.84 Å². The largest absolute Gasteiger partial charge is 0.218 e. The predicted octanol–water partition coefficient (Wildman–Crippen LogP) is 13.9. The Kier molecular flexibility index (Phi) is 7.90. The zero-order chi connectivity index (χ0) is 43.0. The molecule has 0 atom stereocenters. The van der Waals surface area contributed by atoms with Gasteiger partial charge in [0.1, 0.15) is 0 Å². The lowest BCUT2D eigenvalue weighted by molar-refractivity contribution is -0.0446. The van der Waals surface area contributed by atoms with Gasteiger partial charge < -0.3 is 0 Å². The molecule has 8 aromatic carbocycles. The minimum atomic E-state index is -3.69. The molecular weight excluding hydrogens is 815 g/mol. The zero-order valence-electron chi connectivity index (χ0n) is 35.7. The van der Waals surface area contributed by atoms with Crippen molar-refractivity contribution in [3.05, 3.63) is 187 Å². The molecule has 15 rings (SSSR count). The van der Waals surface area contributed by atoms with Crippen molar-refractivity contribution in [3.8, 4) is 78.7 Å². The van der Waals surface area contributed by atoms with Gasteiger partial charge in [0.25, 0.3) is 0 Å². The third-order valence-electron chi connectivity index (χ3n) is 15.9. The molecule has 312 valence electrons. The number of nitrogens with zero attached hydrogens (tertiary/aromatic N) is 3. The van der Waals surface area contributed by atoms with E-state index in [1.807, 2.05) is 60.7 Å². The van der Waals surface area contributed by atoms with Crippen molar-refractivity contribution in [1.29, 1.82) is 0 Å². The number of aromatic nitrogens is 3. The highest BCUT2D eigenvalue weighted by atomic mass is 32.2. The molecule has 1 aliphatic heterocycles. The molecule has 4 saturated carbocycles. The van der Waals surface area contributed by atoms with Gasteiger partial charge in [-0.25, -0.2) is 23.4 Å². The Labute approximate surface area is 378 Å². The predicted molar refractivity (Wildman–Crippen MR) is 259 cm³/mol. The summed E-state index contributed by atoms with van der Waals surface area (Å²) >= 11 is 0. The van der Waals surface area contributed by atoms with Crippen LogP contribution < -0.4 is 0 Å². The first-order chi connectivity index (χ1) is 31.9. The van der Waals surface area contributed by atoms with Crippen molar-refractivity contribution in [2.24, 2.45) is 23.7 Å². The van der Waals surface area contributed by atoms with Crippen LogP contribution in [0.1, 0.15) is 43.2 Å². The molecule has 0 unspecified atom stereocenters. The summed E-state index contributed by atoms with van der Waals surface area (Å²) in [6.45, 7) is 0. The lowest BCUT2D eigenvalue weighted by Gasteiger charge is -2.63. The Balaban J connectivity index is 0.852. The molecule has 5 nitrogen and oxygen atoms in total. The lowest BCUT2D eigenvalue weighted by Crippen LogP contribution is -2.57. The van der Waals surface area contributed by atoms with E-state index in [2.05, 4.69) is 115 Å². The van der Waals surface area contributed by atoms with Crippen LogP contribution in [0, 0.1) is 23.7 Å². The number of rotatable bonds is 5. The molecule has 0 N–H and O–H groups in total. The van der Waals surface area contributed by atoms with Gasteiger partial charge in [0.05, 0.1) is 9.79 Å². The van der Waals surface area contributed by atoms with Gasteiger partial charge >= 0.3 is 0 Å². The van der Waals surface area contributed by atoms with Crippen molar-refractivity contribution in [1.82, 2.24) is 15.0 Å². The van der Waals surface area contributed by atoms with Gasteiger partial charge in [0.15, 0.2) is 17.5 Å². The van der Waals surface area contributed by atoms with Crippen molar-refractivity contribution < 1.29 is 8.42 Å². The highest BCUT2D eigenvalue weighted by Gasteiger charge is 2.62. The maximum atomic E-state index is 14.5. The van der Waals surface area contributed by atoms with E-state index in [-0.39, 0.29) is 5.41 Å². The maximum absolute atomic E-state index is 14.5. The summed E-state index contributed by atoms with van der Waals surface area (Å²) in [5.74, 6) is 4.16.